The highest BCUT2D eigenvalue weighted by atomic mass is 16.2. The van der Waals surface area contributed by atoms with Crippen molar-refractivity contribution < 1.29 is 4.79 Å². The Balaban J connectivity index is 2.59. The number of aryl methyl sites for hydroxylation is 1. The first-order valence-corrected chi connectivity index (χ1v) is 6.95. The summed E-state index contributed by atoms with van der Waals surface area (Å²) in [6, 6.07) is 8.10. The molecule has 3 heteroatoms. The van der Waals surface area contributed by atoms with Gasteiger partial charge in [0.2, 0.25) is 5.91 Å². The Bertz CT molecular complexity index is 404. The fraction of sp³-hybridized carbons (Fsp3) is 0.562. The number of hydrogen-bond donors (Lipinski definition) is 1. The average Bonchev–Trinajstić information content (AvgIpc) is 2.31. The van der Waals surface area contributed by atoms with Gasteiger partial charge in [0.05, 0.1) is 0 Å². The van der Waals surface area contributed by atoms with Crippen LogP contribution in [0, 0.1) is 6.92 Å². The summed E-state index contributed by atoms with van der Waals surface area (Å²) in [7, 11) is 0. The minimum Gasteiger partial charge on any atom is -0.313 e. The van der Waals surface area contributed by atoms with E-state index in [0.717, 1.165) is 5.69 Å². The highest BCUT2D eigenvalue weighted by Gasteiger charge is 2.15. The van der Waals surface area contributed by atoms with E-state index in [2.05, 4.69) is 33.0 Å². The van der Waals surface area contributed by atoms with Gasteiger partial charge in [0.15, 0.2) is 0 Å². The summed E-state index contributed by atoms with van der Waals surface area (Å²) in [5, 5.41) is 3.34. The lowest BCUT2D eigenvalue weighted by Crippen LogP contribution is -2.39. The van der Waals surface area contributed by atoms with E-state index in [1.54, 1.807) is 0 Å². The summed E-state index contributed by atoms with van der Waals surface area (Å²) < 4.78 is 0. The van der Waals surface area contributed by atoms with Gasteiger partial charge in [-0.05, 0) is 46.8 Å². The van der Waals surface area contributed by atoms with Crippen LogP contribution in [0.5, 0.6) is 0 Å². The van der Waals surface area contributed by atoms with Gasteiger partial charge >= 0.3 is 0 Å². The Hall–Kier alpha value is -1.35. The number of nitrogens with zero attached hydrogens (tertiary/aromatic N) is 1. The number of nitrogens with one attached hydrogen (secondary N) is 1. The van der Waals surface area contributed by atoms with E-state index in [1.807, 2.05) is 36.1 Å². The molecule has 0 unspecified atom stereocenters. The Kier molecular flexibility index (Phi) is 5.55. The Morgan fingerprint density at radius 2 is 1.79 bits per heavy atom. The summed E-state index contributed by atoms with van der Waals surface area (Å²) in [6.45, 7) is 11.8. The molecule has 0 aromatic heterocycles. The van der Waals surface area contributed by atoms with Gasteiger partial charge in [-0.3, -0.25) is 4.79 Å². The van der Waals surface area contributed by atoms with E-state index in [0.29, 0.717) is 19.5 Å². The molecular weight excluding hydrogens is 236 g/mol. The third-order valence-corrected chi connectivity index (χ3v) is 2.96. The number of benzene rings is 1. The summed E-state index contributed by atoms with van der Waals surface area (Å²) in [6.07, 6.45) is 0.527. The summed E-state index contributed by atoms with van der Waals surface area (Å²) in [5.74, 6) is 0.170. The Morgan fingerprint density at radius 1 is 1.21 bits per heavy atom. The molecule has 0 spiro atoms. The Labute approximate surface area is 117 Å². The second kappa shape index (κ2) is 6.71. The van der Waals surface area contributed by atoms with Crippen molar-refractivity contribution >= 4 is 11.6 Å². The molecule has 0 aliphatic rings. The van der Waals surface area contributed by atoms with Gasteiger partial charge in [-0.2, -0.15) is 0 Å². The predicted molar refractivity (Wildman–Crippen MR) is 81.6 cm³/mol. The first-order chi connectivity index (χ1) is 8.83. The first kappa shape index (κ1) is 15.7. The zero-order valence-electron chi connectivity index (χ0n) is 12.8. The van der Waals surface area contributed by atoms with Crippen LogP contribution in [-0.4, -0.2) is 24.5 Å². The average molecular weight is 262 g/mol. The van der Waals surface area contributed by atoms with Crippen LogP contribution in [0.1, 0.15) is 39.7 Å². The van der Waals surface area contributed by atoms with E-state index < -0.39 is 0 Å². The number of amides is 1. The molecule has 1 amide bonds. The molecule has 0 aliphatic heterocycles. The third-order valence-electron chi connectivity index (χ3n) is 2.96. The van der Waals surface area contributed by atoms with Gasteiger partial charge < -0.3 is 10.2 Å². The van der Waals surface area contributed by atoms with Gasteiger partial charge in [0, 0.05) is 30.7 Å². The smallest absolute Gasteiger partial charge is 0.228 e. The van der Waals surface area contributed by atoms with Crippen molar-refractivity contribution in [2.45, 2.75) is 46.6 Å². The van der Waals surface area contributed by atoms with Crippen molar-refractivity contribution in [1.82, 2.24) is 5.32 Å². The molecule has 3 nitrogen and oxygen atoms in total. The number of carbonyl (C=O) groups is 1. The molecule has 19 heavy (non-hydrogen) atoms. The van der Waals surface area contributed by atoms with Crippen LogP contribution in [0.4, 0.5) is 5.69 Å². The van der Waals surface area contributed by atoms with Crippen molar-refractivity contribution in [3.63, 3.8) is 0 Å². The van der Waals surface area contributed by atoms with Crippen molar-refractivity contribution in [1.29, 1.82) is 0 Å². The molecule has 1 aromatic carbocycles. The molecule has 0 saturated carbocycles. The second-order valence-electron chi connectivity index (χ2n) is 5.90. The molecule has 1 N–H and O–H groups in total. The number of hydrogen-bond acceptors (Lipinski definition) is 2. The van der Waals surface area contributed by atoms with Crippen LogP contribution in [0.2, 0.25) is 0 Å². The van der Waals surface area contributed by atoms with Crippen molar-refractivity contribution in [3.8, 4) is 0 Å². The second-order valence-corrected chi connectivity index (χ2v) is 5.90. The molecule has 0 bridgehead atoms. The quantitative estimate of drug-likeness (QED) is 0.884. The molecule has 0 atom stereocenters. The normalized spacial score (nSPS) is 11.4. The van der Waals surface area contributed by atoms with Gasteiger partial charge in [0.1, 0.15) is 0 Å². The third kappa shape index (κ3) is 5.43. The summed E-state index contributed by atoms with van der Waals surface area (Å²) in [5.41, 5.74) is 2.25. The standard InChI is InChI=1S/C16H26N2O/c1-6-18(14-9-7-13(2)8-10-14)15(19)11-12-17-16(3,4)5/h7-10,17H,6,11-12H2,1-5H3. The zero-order valence-corrected chi connectivity index (χ0v) is 12.8. The van der Waals surface area contributed by atoms with Crippen molar-refractivity contribution in [2.24, 2.45) is 0 Å². The van der Waals surface area contributed by atoms with E-state index in [4.69, 9.17) is 0 Å². The topological polar surface area (TPSA) is 32.3 Å². The molecule has 0 heterocycles. The molecule has 0 radical (unpaired) electrons. The molecule has 1 rings (SSSR count). The lowest BCUT2D eigenvalue weighted by Gasteiger charge is -2.24. The maximum atomic E-state index is 12.2. The lowest BCUT2D eigenvalue weighted by atomic mass is 10.1. The SMILES string of the molecule is CCN(C(=O)CCNC(C)(C)C)c1ccc(C)cc1. The van der Waals surface area contributed by atoms with E-state index in [-0.39, 0.29) is 11.4 Å². The van der Waals surface area contributed by atoms with Crippen LogP contribution >= 0.6 is 0 Å². The number of carbonyl (C=O) groups excluding carboxylic acids is 1. The maximum absolute atomic E-state index is 12.2. The van der Waals surface area contributed by atoms with Crippen molar-refractivity contribution in [2.75, 3.05) is 18.0 Å². The van der Waals surface area contributed by atoms with Crippen LogP contribution in [0.15, 0.2) is 24.3 Å². The van der Waals surface area contributed by atoms with E-state index in [1.165, 1.54) is 5.56 Å². The van der Waals surface area contributed by atoms with Crippen LogP contribution in [0.3, 0.4) is 0 Å². The van der Waals surface area contributed by atoms with Crippen LogP contribution < -0.4 is 10.2 Å². The van der Waals surface area contributed by atoms with Gasteiger partial charge in [-0.15, -0.1) is 0 Å². The Morgan fingerprint density at radius 3 is 2.26 bits per heavy atom. The monoisotopic (exact) mass is 262 g/mol. The number of rotatable bonds is 5. The molecule has 0 saturated heterocycles. The van der Waals surface area contributed by atoms with Gasteiger partial charge in [0.25, 0.3) is 0 Å². The first-order valence-electron chi connectivity index (χ1n) is 6.95. The molecular formula is C16H26N2O. The fourth-order valence-corrected chi connectivity index (χ4v) is 1.91. The fourth-order valence-electron chi connectivity index (χ4n) is 1.91. The minimum absolute atomic E-state index is 0.0567. The molecule has 106 valence electrons. The van der Waals surface area contributed by atoms with Gasteiger partial charge in [-0.1, -0.05) is 17.7 Å². The summed E-state index contributed by atoms with van der Waals surface area (Å²) in [4.78, 5) is 14.1. The van der Waals surface area contributed by atoms with Crippen molar-refractivity contribution in [3.05, 3.63) is 29.8 Å². The summed E-state index contributed by atoms with van der Waals surface area (Å²) >= 11 is 0. The maximum Gasteiger partial charge on any atom is 0.228 e. The highest BCUT2D eigenvalue weighted by Crippen LogP contribution is 2.15. The van der Waals surface area contributed by atoms with Crippen LogP contribution in [-0.2, 0) is 4.79 Å². The molecule has 1 aromatic rings. The predicted octanol–water partition coefficient (Wildman–Crippen LogP) is 3.13. The van der Waals surface area contributed by atoms with E-state index in [9.17, 15) is 4.79 Å². The number of anilines is 1. The highest BCUT2D eigenvalue weighted by molar-refractivity contribution is 5.93. The minimum atomic E-state index is 0.0567. The lowest BCUT2D eigenvalue weighted by molar-refractivity contribution is -0.118. The molecule has 0 aliphatic carbocycles. The van der Waals surface area contributed by atoms with Gasteiger partial charge in [-0.25, -0.2) is 0 Å². The van der Waals surface area contributed by atoms with E-state index >= 15 is 0 Å². The van der Waals surface area contributed by atoms with Crippen LogP contribution in [0.25, 0.3) is 0 Å². The zero-order chi connectivity index (χ0) is 14.5. The largest absolute Gasteiger partial charge is 0.313 e. The molecule has 0 fully saturated rings.